The Kier molecular flexibility index (Phi) is 3.38. The average molecular weight is 232 g/mol. The molecule has 0 radical (unpaired) electrons. The number of thiazole rings is 1. The van der Waals surface area contributed by atoms with Crippen LogP contribution in [-0.4, -0.2) is 35.6 Å². The second-order valence-electron chi connectivity index (χ2n) is 3.60. The van der Waals surface area contributed by atoms with Gasteiger partial charge in [-0.1, -0.05) is 11.6 Å². The SMILES string of the molecule is C[C@H]1CNCCN1Cc1cnc(Cl)s1. The fourth-order valence-corrected chi connectivity index (χ4v) is 2.68. The Morgan fingerprint density at radius 3 is 3.29 bits per heavy atom. The van der Waals surface area contributed by atoms with E-state index in [2.05, 4.69) is 22.1 Å². The van der Waals surface area contributed by atoms with Crippen molar-refractivity contribution in [2.24, 2.45) is 0 Å². The van der Waals surface area contributed by atoms with Crippen molar-refractivity contribution in [1.29, 1.82) is 0 Å². The first kappa shape index (κ1) is 10.4. The van der Waals surface area contributed by atoms with E-state index in [-0.39, 0.29) is 0 Å². The van der Waals surface area contributed by atoms with Gasteiger partial charge < -0.3 is 5.32 Å². The summed E-state index contributed by atoms with van der Waals surface area (Å²) in [4.78, 5) is 7.76. The van der Waals surface area contributed by atoms with Crippen molar-refractivity contribution in [3.05, 3.63) is 15.5 Å². The highest BCUT2D eigenvalue weighted by Gasteiger charge is 2.18. The second-order valence-corrected chi connectivity index (χ2v) is 5.30. The van der Waals surface area contributed by atoms with Crippen LogP contribution in [0.1, 0.15) is 11.8 Å². The van der Waals surface area contributed by atoms with Crippen molar-refractivity contribution in [3.8, 4) is 0 Å². The second kappa shape index (κ2) is 4.57. The maximum absolute atomic E-state index is 5.79. The summed E-state index contributed by atoms with van der Waals surface area (Å²) in [5.41, 5.74) is 0. The van der Waals surface area contributed by atoms with E-state index in [9.17, 15) is 0 Å². The third kappa shape index (κ3) is 2.45. The fraction of sp³-hybridized carbons (Fsp3) is 0.667. The summed E-state index contributed by atoms with van der Waals surface area (Å²) in [6.07, 6.45) is 1.88. The summed E-state index contributed by atoms with van der Waals surface area (Å²) >= 11 is 7.37. The maximum atomic E-state index is 5.79. The first-order valence-corrected chi connectivity index (χ1v) is 6.00. The Bertz CT molecular complexity index is 302. The summed E-state index contributed by atoms with van der Waals surface area (Å²) in [5.74, 6) is 0. The van der Waals surface area contributed by atoms with E-state index < -0.39 is 0 Å². The molecule has 0 bridgehead atoms. The van der Waals surface area contributed by atoms with Gasteiger partial charge in [0.05, 0.1) is 0 Å². The molecule has 1 fully saturated rings. The summed E-state index contributed by atoms with van der Waals surface area (Å²) in [7, 11) is 0. The monoisotopic (exact) mass is 231 g/mol. The van der Waals surface area contributed by atoms with Crippen LogP contribution in [0.4, 0.5) is 0 Å². The lowest BCUT2D eigenvalue weighted by molar-refractivity contribution is 0.167. The van der Waals surface area contributed by atoms with Gasteiger partial charge in [0.1, 0.15) is 0 Å². The van der Waals surface area contributed by atoms with E-state index in [1.165, 1.54) is 4.88 Å². The smallest absolute Gasteiger partial charge is 0.183 e. The highest BCUT2D eigenvalue weighted by Crippen LogP contribution is 2.20. The summed E-state index contributed by atoms with van der Waals surface area (Å²) < 4.78 is 0.641. The lowest BCUT2D eigenvalue weighted by Crippen LogP contribution is -2.49. The van der Waals surface area contributed by atoms with Gasteiger partial charge in [-0.3, -0.25) is 4.90 Å². The Hall–Kier alpha value is -0.160. The molecule has 1 atom stereocenters. The minimum Gasteiger partial charge on any atom is -0.314 e. The summed E-state index contributed by atoms with van der Waals surface area (Å²) in [6.45, 7) is 6.49. The van der Waals surface area contributed by atoms with Crippen LogP contribution in [0.5, 0.6) is 0 Å². The van der Waals surface area contributed by atoms with Crippen LogP contribution >= 0.6 is 22.9 Å². The molecular weight excluding hydrogens is 218 g/mol. The minimum absolute atomic E-state index is 0.602. The van der Waals surface area contributed by atoms with E-state index in [0.29, 0.717) is 10.5 Å². The topological polar surface area (TPSA) is 28.2 Å². The van der Waals surface area contributed by atoms with Gasteiger partial charge >= 0.3 is 0 Å². The van der Waals surface area contributed by atoms with Crippen molar-refractivity contribution in [1.82, 2.24) is 15.2 Å². The van der Waals surface area contributed by atoms with Crippen LogP contribution in [0.15, 0.2) is 6.20 Å². The van der Waals surface area contributed by atoms with Gasteiger partial charge in [0.15, 0.2) is 4.47 Å². The quantitative estimate of drug-likeness (QED) is 0.838. The minimum atomic E-state index is 0.602. The van der Waals surface area contributed by atoms with Crippen LogP contribution in [0.3, 0.4) is 0 Å². The van der Waals surface area contributed by atoms with Crippen LogP contribution in [0.2, 0.25) is 4.47 Å². The summed E-state index contributed by atoms with van der Waals surface area (Å²) in [5, 5.41) is 3.38. The zero-order valence-electron chi connectivity index (χ0n) is 8.16. The third-order valence-corrected chi connectivity index (χ3v) is 3.62. The normalized spacial score (nSPS) is 24.0. The molecule has 1 aliphatic rings. The molecule has 0 spiro atoms. The average Bonchev–Trinajstić information content (AvgIpc) is 2.56. The van der Waals surface area contributed by atoms with Gasteiger partial charge in [0, 0.05) is 43.3 Å². The Labute approximate surface area is 93.1 Å². The molecular formula is C9H14ClN3S. The molecule has 3 nitrogen and oxygen atoms in total. The van der Waals surface area contributed by atoms with E-state index in [0.717, 1.165) is 26.2 Å². The van der Waals surface area contributed by atoms with Crippen LogP contribution in [-0.2, 0) is 6.54 Å². The maximum Gasteiger partial charge on any atom is 0.183 e. The van der Waals surface area contributed by atoms with Gasteiger partial charge in [-0.25, -0.2) is 4.98 Å². The zero-order valence-corrected chi connectivity index (χ0v) is 9.74. The number of halogens is 1. The van der Waals surface area contributed by atoms with Crippen LogP contribution in [0.25, 0.3) is 0 Å². The lowest BCUT2D eigenvalue weighted by atomic mass is 10.2. The predicted octanol–water partition coefficient (Wildman–Crippen LogP) is 1.59. The van der Waals surface area contributed by atoms with Crippen molar-refractivity contribution in [2.45, 2.75) is 19.5 Å². The predicted molar refractivity (Wildman–Crippen MR) is 59.9 cm³/mol. The molecule has 1 saturated heterocycles. The highest BCUT2D eigenvalue weighted by molar-refractivity contribution is 7.15. The molecule has 1 aromatic rings. The van der Waals surface area contributed by atoms with E-state index in [1.807, 2.05) is 6.20 Å². The Morgan fingerprint density at radius 2 is 2.64 bits per heavy atom. The molecule has 1 aromatic heterocycles. The number of hydrogen-bond acceptors (Lipinski definition) is 4. The van der Waals surface area contributed by atoms with Crippen LogP contribution < -0.4 is 5.32 Å². The van der Waals surface area contributed by atoms with Crippen molar-refractivity contribution < 1.29 is 0 Å². The molecule has 0 amide bonds. The van der Waals surface area contributed by atoms with Crippen molar-refractivity contribution >= 4 is 22.9 Å². The van der Waals surface area contributed by atoms with Crippen molar-refractivity contribution in [3.63, 3.8) is 0 Å². The largest absolute Gasteiger partial charge is 0.314 e. The number of nitrogens with one attached hydrogen (secondary N) is 1. The molecule has 1 N–H and O–H groups in total. The summed E-state index contributed by atoms with van der Waals surface area (Å²) in [6, 6.07) is 0.602. The molecule has 0 unspecified atom stereocenters. The fourth-order valence-electron chi connectivity index (χ4n) is 1.67. The molecule has 2 rings (SSSR count). The van der Waals surface area contributed by atoms with Gasteiger partial charge in [0.2, 0.25) is 0 Å². The van der Waals surface area contributed by atoms with Crippen LogP contribution in [0, 0.1) is 0 Å². The molecule has 0 saturated carbocycles. The first-order valence-electron chi connectivity index (χ1n) is 4.80. The number of nitrogens with zero attached hydrogens (tertiary/aromatic N) is 2. The molecule has 5 heteroatoms. The molecule has 0 aromatic carbocycles. The van der Waals surface area contributed by atoms with E-state index >= 15 is 0 Å². The zero-order chi connectivity index (χ0) is 9.97. The highest BCUT2D eigenvalue weighted by atomic mass is 35.5. The van der Waals surface area contributed by atoms with E-state index in [1.54, 1.807) is 11.3 Å². The third-order valence-electron chi connectivity index (χ3n) is 2.52. The Morgan fingerprint density at radius 1 is 1.79 bits per heavy atom. The number of aromatic nitrogens is 1. The standard InChI is InChI=1S/C9H14ClN3S/c1-7-4-11-2-3-13(7)6-8-5-12-9(10)14-8/h5,7,11H,2-4,6H2,1H3/t7-/m0/s1. The number of hydrogen-bond donors (Lipinski definition) is 1. The van der Waals surface area contributed by atoms with E-state index in [4.69, 9.17) is 11.6 Å². The molecule has 1 aliphatic heterocycles. The Balaban J connectivity index is 1.95. The van der Waals surface area contributed by atoms with Crippen molar-refractivity contribution in [2.75, 3.05) is 19.6 Å². The molecule has 0 aliphatic carbocycles. The first-order chi connectivity index (χ1) is 6.75. The van der Waals surface area contributed by atoms with Gasteiger partial charge in [-0.05, 0) is 6.92 Å². The van der Waals surface area contributed by atoms with Gasteiger partial charge in [-0.2, -0.15) is 0 Å². The van der Waals surface area contributed by atoms with Gasteiger partial charge in [-0.15, -0.1) is 11.3 Å². The molecule has 14 heavy (non-hydrogen) atoms. The van der Waals surface area contributed by atoms with Gasteiger partial charge in [0.25, 0.3) is 0 Å². The number of piperazine rings is 1. The lowest BCUT2D eigenvalue weighted by Gasteiger charge is -2.33. The number of rotatable bonds is 2. The molecule has 78 valence electrons. The molecule has 2 heterocycles.